The summed E-state index contributed by atoms with van der Waals surface area (Å²) in [5, 5.41) is 11.6. The molecular formula is C55H43IrN4O. The van der Waals surface area contributed by atoms with E-state index in [1.54, 1.807) is 0 Å². The van der Waals surface area contributed by atoms with Crippen molar-refractivity contribution >= 4 is 21.9 Å². The fourth-order valence-corrected chi connectivity index (χ4v) is 8.18. The normalized spacial score (nSPS) is 11.1. The average Bonchev–Trinajstić information content (AvgIpc) is 3.68. The number of fused-ring (bicyclic) bond motifs is 3. The first kappa shape index (κ1) is 41.2. The molecule has 0 unspecified atom stereocenters. The molecule has 0 spiro atoms. The van der Waals surface area contributed by atoms with Gasteiger partial charge in [-0.2, -0.15) is 5.26 Å². The predicted octanol–water partition coefficient (Wildman–Crippen LogP) is 12.3. The average molecular weight is 968 g/mol. The maximum atomic E-state index is 9.57. The van der Waals surface area contributed by atoms with Gasteiger partial charge in [-0.05, 0) is 116 Å². The van der Waals surface area contributed by atoms with Gasteiger partial charge in [0.25, 0.3) is 0 Å². The summed E-state index contributed by atoms with van der Waals surface area (Å²) < 4.78 is 6.39. The smallest absolute Gasteiger partial charge is 0.500 e. The van der Waals surface area contributed by atoms with Gasteiger partial charge in [-0.3, -0.25) is 0 Å². The largest absolute Gasteiger partial charge is 3.00 e. The Morgan fingerprint density at radius 1 is 0.525 bits per heavy atom. The maximum absolute atomic E-state index is 9.57. The molecular weight excluding hydrogens is 925 g/mol. The van der Waals surface area contributed by atoms with Gasteiger partial charge in [0, 0.05) is 29.5 Å². The topological polar surface area (TPSA) is 75.6 Å². The quantitative estimate of drug-likeness (QED) is 0.114. The SMILES string of the molecule is Cc1cc(-c2[c-]cccc2)ncc1CCc1cc(CCc2ccc(-c3[c-]ccc4c3oc3c(C)c(C#N)ccc34)nc2)cc(CCc2cnc(-c3[c-]cccc3)cc2C)c1.[Ir+3]. The van der Waals surface area contributed by atoms with E-state index in [0.29, 0.717) is 5.56 Å². The van der Waals surface area contributed by atoms with Crippen LogP contribution in [-0.2, 0) is 58.6 Å². The van der Waals surface area contributed by atoms with E-state index in [0.717, 1.165) is 99.8 Å². The number of pyridine rings is 3. The number of hydrogen-bond donors (Lipinski definition) is 0. The van der Waals surface area contributed by atoms with Crippen LogP contribution in [0.2, 0.25) is 0 Å². The molecule has 4 heterocycles. The van der Waals surface area contributed by atoms with Crippen LogP contribution in [0, 0.1) is 50.3 Å². The summed E-state index contributed by atoms with van der Waals surface area (Å²) in [4.78, 5) is 14.5. The molecule has 0 saturated heterocycles. The molecule has 0 amide bonds. The molecule has 5 aromatic carbocycles. The number of nitrogens with zero attached hydrogens (tertiary/aromatic N) is 4. The molecule has 9 rings (SSSR count). The van der Waals surface area contributed by atoms with Gasteiger partial charge in [-0.15, -0.1) is 90.0 Å². The first-order chi connectivity index (χ1) is 29.4. The second-order valence-corrected chi connectivity index (χ2v) is 15.7. The van der Waals surface area contributed by atoms with Crippen molar-refractivity contribution in [3.63, 3.8) is 0 Å². The standard InChI is InChI=1S/C55H43N4O.Ir/c1-36-27-52(43-11-6-4-7-12-43)58-34-46(36)22-19-41-29-40(30-42(31-41)20-23-47-35-59-53(28-37(47)2)44-13-8-5-9-14-44)18-17-39-21-26-51(57-33-39)50-16-10-15-48-49-25-24-45(32-56)38(3)54(49)60-55(48)50;/h4-11,13,15,21,24-31,33-35H,17-20,22-23H2,1-3H3;/q-3;+3. The molecule has 6 heteroatoms. The third-order valence-corrected chi connectivity index (χ3v) is 11.6. The first-order valence-electron chi connectivity index (χ1n) is 20.6. The van der Waals surface area contributed by atoms with Gasteiger partial charge in [-0.1, -0.05) is 70.6 Å². The Morgan fingerprint density at radius 3 is 1.61 bits per heavy atom. The summed E-state index contributed by atoms with van der Waals surface area (Å²) in [6.07, 6.45) is 11.5. The van der Waals surface area contributed by atoms with Crippen LogP contribution >= 0.6 is 0 Å². The van der Waals surface area contributed by atoms with Gasteiger partial charge in [0.1, 0.15) is 5.58 Å². The molecule has 0 bridgehead atoms. The van der Waals surface area contributed by atoms with Crippen molar-refractivity contribution in [3.8, 4) is 39.8 Å². The number of aromatic nitrogens is 3. The molecule has 0 saturated carbocycles. The van der Waals surface area contributed by atoms with Crippen LogP contribution in [0.15, 0.2) is 138 Å². The van der Waals surface area contributed by atoms with E-state index in [2.05, 4.69) is 92.7 Å². The van der Waals surface area contributed by atoms with E-state index in [4.69, 9.17) is 19.4 Å². The Balaban J connectivity index is 0.00000514. The molecule has 0 radical (unpaired) electrons. The minimum atomic E-state index is 0. The zero-order valence-corrected chi connectivity index (χ0v) is 36.9. The molecule has 4 aromatic heterocycles. The number of benzene rings is 5. The fraction of sp³-hybridized carbons (Fsp3) is 0.164. The molecule has 0 aliphatic heterocycles. The Kier molecular flexibility index (Phi) is 12.4. The van der Waals surface area contributed by atoms with Crippen LogP contribution in [0.25, 0.3) is 55.7 Å². The molecule has 9 aromatic rings. The number of hydrogen-bond acceptors (Lipinski definition) is 5. The van der Waals surface area contributed by atoms with Gasteiger partial charge in [-0.25, -0.2) is 0 Å². The Morgan fingerprint density at radius 2 is 1.08 bits per heavy atom. The van der Waals surface area contributed by atoms with Crippen molar-refractivity contribution in [1.29, 1.82) is 5.26 Å². The van der Waals surface area contributed by atoms with Crippen molar-refractivity contribution in [2.75, 3.05) is 0 Å². The number of furan rings is 1. The van der Waals surface area contributed by atoms with E-state index >= 15 is 0 Å². The molecule has 0 aliphatic rings. The predicted molar refractivity (Wildman–Crippen MR) is 240 cm³/mol. The summed E-state index contributed by atoms with van der Waals surface area (Å²) in [5.41, 5.74) is 18.7. The number of rotatable bonds is 12. The van der Waals surface area contributed by atoms with Crippen LogP contribution in [0.1, 0.15) is 55.6 Å². The first-order valence-corrected chi connectivity index (χ1v) is 20.6. The minimum Gasteiger partial charge on any atom is -0.500 e. The van der Waals surface area contributed by atoms with Crippen LogP contribution in [0.4, 0.5) is 0 Å². The Bertz CT molecular complexity index is 2910. The molecule has 61 heavy (non-hydrogen) atoms. The summed E-state index contributed by atoms with van der Waals surface area (Å²) in [6, 6.07) is 51.8. The van der Waals surface area contributed by atoms with Gasteiger partial charge in [0.2, 0.25) is 0 Å². The van der Waals surface area contributed by atoms with Crippen molar-refractivity contribution in [1.82, 2.24) is 15.0 Å². The van der Waals surface area contributed by atoms with E-state index in [1.165, 1.54) is 44.5 Å². The van der Waals surface area contributed by atoms with E-state index in [1.807, 2.05) is 86.2 Å². The summed E-state index contributed by atoms with van der Waals surface area (Å²) >= 11 is 0. The molecule has 0 N–H and O–H groups in total. The third-order valence-electron chi connectivity index (χ3n) is 11.6. The van der Waals surface area contributed by atoms with E-state index < -0.39 is 0 Å². The van der Waals surface area contributed by atoms with Crippen molar-refractivity contribution < 1.29 is 24.5 Å². The van der Waals surface area contributed by atoms with Crippen LogP contribution < -0.4 is 0 Å². The van der Waals surface area contributed by atoms with Crippen molar-refractivity contribution in [3.05, 3.63) is 208 Å². The molecule has 0 fully saturated rings. The Hall–Kier alpha value is -6.51. The molecule has 0 atom stereocenters. The molecule has 298 valence electrons. The van der Waals surface area contributed by atoms with Crippen LogP contribution in [0.3, 0.4) is 0 Å². The molecule has 5 nitrogen and oxygen atoms in total. The monoisotopic (exact) mass is 968 g/mol. The van der Waals surface area contributed by atoms with E-state index in [-0.39, 0.29) is 20.1 Å². The van der Waals surface area contributed by atoms with Crippen LogP contribution in [0.5, 0.6) is 0 Å². The summed E-state index contributed by atoms with van der Waals surface area (Å²) in [5.74, 6) is 0. The number of nitriles is 1. The second-order valence-electron chi connectivity index (χ2n) is 15.7. The van der Waals surface area contributed by atoms with E-state index in [9.17, 15) is 5.26 Å². The zero-order chi connectivity index (χ0) is 41.0. The third kappa shape index (κ3) is 9.01. The maximum Gasteiger partial charge on any atom is 3.00 e. The van der Waals surface area contributed by atoms with Gasteiger partial charge in [0.15, 0.2) is 0 Å². The number of aryl methyl sites for hydroxylation is 9. The van der Waals surface area contributed by atoms with Gasteiger partial charge in [0.05, 0.1) is 17.2 Å². The van der Waals surface area contributed by atoms with Gasteiger partial charge >= 0.3 is 20.1 Å². The zero-order valence-electron chi connectivity index (χ0n) is 34.5. The van der Waals surface area contributed by atoms with Crippen LogP contribution in [-0.4, -0.2) is 15.0 Å². The van der Waals surface area contributed by atoms with Crippen molar-refractivity contribution in [2.45, 2.75) is 59.3 Å². The second kappa shape index (κ2) is 18.4. The van der Waals surface area contributed by atoms with Crippen molar-refractivity contribution in [2.24, 2.45) is 0 Å². The molecule has 0 aliphatic carbocycles. The summed E-state index contributed by atoms with van der Waals surface area (Å²) in [6.45, 7) is 6.30. The van der Waals surface area contributed by atoms with Gasteiger partial charge < -0.3 is 19.4 Å². The summed E-state index contributed by atoms with van der Waals surface area (Å²) in [7, 11) is 0. The fourth-order valence-electron chi connectivity index (χ4n) is 8.18. The Labute approximate surface area is 371 Å². The minimum absolute atomic E-state index is 0.